The van der Waals surface area contributed by atoms with Crippen molar-refractivity contribution in [2.24, 2.45) is 0 Å². The Bertz CT molecular complexity index is 771. The van der Waals surface area contributed by atoms with Gasteiger partial charge in [0.15, 0.2) is 0 Å². The number of aromatic nitrogens is 2. The summed E-state index contributed by atoms with van der Waals surface area (Å²) in [6, 6.07) is 5.78. The number of hydrogen-bond acceptors (Lipinski definition) is 5. The average molecular weight is 336 g/mol. The topological polar surface area (TPSA) is 90.3 Å². The van der Waals surface area contributed by atoms with Crippen molar-refractivity contribution in [2.75, 3.05) is 6.54 Å². The van der Waals surface area contributed by atoms with E-state index in [0.29, 0.717) is 10.7 Å². The van der Waals surface area contributed by atoms with Gasteiger partial charge in [-0.25, -0.2) is 4.98 Å². The number of rotatable bonds is 5. The lowest BCUT2D eigenvalue weighted by Gasteiger charge is -2.09. The normalized spacial score (nSPS) is 10.2. The van der Waals surface area contributed by atoms with Crippen molar-refractivity contribution in [3.8, 4) is 5.75 Å². The first-order chi connectivity index (χ1) is 11.0. The van der Waals surface area contributed by atoms with Crippen molar-refractivity contribution >= 4 is 23.5 Å². The standard InChI is InChI=1S/C15H14ClN3O4/c1-10(20)23-12-3-5-14(21)19(9-12)7-6-17-15(22)11-2-4-13(16)18-8-11/h2-5,8-9H,6-7H2,1H3,(H,17,22). The lowest BCUT2D eigenvalue weighted by atomic mass is 10.3. The summed E-state index contributed by atoms with van der Waals surface area (Å²) in [5.74, 6) is -0.526. The first-order valence-corrected chi connectivity index (χ1v) is 7.12. The average Bonchev–Trinajstić information content (AvgIpc) is 2.50. The van der Waals surface area contributed by atoms with E-state index in [4.69, 9.17) is 16.3 Å². The molecule has 0 atom stereocenters. The molecule has 1 amide bonds. The van der Waals surface area contributed by atoms with Crippen LogP contribution in [0.1, 0.15) is 17.3 Å². The van der Waals surface area contributed by atoms with E-state index in [-0.39, 0.29) is 30.3 Å². The van der Waals surface area contributed by atoms with E-state index in [1.807, 2.05) is 0 Å². The summed E-state index contributed by atoms with van der Waals surface area (Å²) < 4.78 is 6.26. The van der Waals surface area contributed by atoms with Gasteiger partial charge in [-0.2, -0.15) is 0 Å². The Kier molecular flexibility index (Phi) is 5.48. The van der Waals surface area contributed by atoms with Crippen LogP contribution in [0, 0.1) is 0 Å². The maximum Gasteiger partial charge on any atom is 0.308 e. The minimum atomic E-state index is -0.473. The van der Waals surface area contributed by atoms with Crippen LogP contribution in [0.5, 0.6) is 5.75 Å². The summed E-state index contributed by atoms with van der Waals surface area (Å²) in [5, 5.41) is 2.97. The molecular formula is C15H14ClN3O4. The van der Waals surface area contributed by atoms with Crippen molar-refractivity contribution in [1.29, 1.82) is 0 Å². The highest BCUT2D eigenvalue weighted by Crippen LogP contribution is 2.07. The number of nitrogens with one attached hydrogen (secondary N) is 1. The van der Waals surface area contributed by atoms with Gasteiger partial charge in [0.1, 0.15) is 10.9 Å². The third-order valence-electron chi connectivity index (χ3n) is 2.85. The molecule has 2 heterocycles. The molecule has 8 heteroatoms. The largest absolute Gasteiger partial charge is 0.425 e. The van der Waals surface area contributed by atoms with Gasteiger partial charge in [0.05, 0.1) is 11.8 Å². The molecule has 0 aromatic carbocycles. The van der Waals surface area contributed by atoms with Gasteiger partial charge < -0.3 is 14.6 Å². The number of carbonyl (C=O) groups is 2. The summed E-state index contributed by atoms with van der Waals surface area (Å²) >= 11 is 5.65. The predicted molar refractivity (Wildman–Crippen MR) is 83.6 cm³/mol. The fourth-order valence-corrected chi connectivity index (χ4v) is 1.92. The van der Waals surface area contributed by atoms with E-state index < -0.39 is 5.97 Å². The SMILES string of the molecule is CC(=O)Oc1ccc(=O)n(CCNC(=O)c2ccc(Cl)nc2)c1. The van der Waals surface area contributed by atoms with Crippen molar-refractivity contribution in [3.05, 3.63) is 57.7 Å². The van der Waals surface area contributed by atoms with Gasteiger partial charge in [-0.1, -0.05) is 11.6 Å². The monoisotopic (exact) mass is 335 g/mol. The van der Waals surface area contributed by atoms with E-state index in [2.05, 4.69) is 10.3 Å². The molecule has 0 radical (unpaired) electrons. The molecule has 0 saturated heterocycles. The number of amides is 1. The highest BCUT2D eigenvalue weighted by molar-refractivity contribution is 6.29. The maximum atomic E-state index is 11.9. The minimum Gasteiger partial charge on any atom is -0.425 e. The zero-order chi connectivity index (χ0) is 16.8. The highest BCUT2D eigenvalue weighted by Gasteiger charge is 2.06. The van der Waals surface area contributed by atoms with Crippen LogP contribution in [-0.4, -0.2) is 28.0 Å². The second-order valence-corrected chi connectivity index (χ2v) is 5.00. The Balaban J connectivity index is 1.95. The summed E-state index contributed by atoms with van der Waals surface area (Å²) in [7, 11) is 0. The summed E-state index contributed by atoms with van der Waals surface area (Å²) in [5.41, 5.74) is 0.110. The predicted octanol–water partition coefficient (Wildman–Crippen LogP) is 1.25. The zero-order valence-electron chi connectivity index (χ0n) is 12.3. The first-order valence-electron chi connectivity index (χ1n) is 6.74. The Morgan fingerprint density at radius 2 is 2.09 bits per heavy atom. The van der Waals surface area contributed by atoms with Crippen LogP contribution in [0.2, 0.25) is 5.15 Å². The Morgan fingerprint density at radius 3 is 2.74 bits per heavy atom. The Labute approximate surface area is 136 Å². The summed E-state index contributed by atoms with van der Waals surface area (Å²) in [6.07, 6.45) is 2.78. The third-order valence-corrected chi connectivity index (χ3v) is 3.07. The number of nitrogens with zero attached hydrogens (tertiary/aromatic N) is 2. The van der Waals surface area contributed by atoms with Crippen molar-refractivity contribution < 1.29 is 14.3 Å². The lowest BCUT2D eigenvalue weighted by molar-refractivity contribution is -0.131. The van der Waals surface area contributed by atoms with Crippen molar-refractivity contribution in [3.63, 3.8) is 0 Å². The number of ether oxygens (including phenoxy) is 1. The van der Waals surface area contributed by atoms with E-state index in [1.165, 1.54) is 42.1 Å². The number of pyridine rings is 2. The molecule has 2 aromatic rings. The van der Waals surface area contributed by atoms with Gasteiger partial charge in [-0.05, 0) is 18.2 Å². The first kappa shape index (κ1) is 16.7. The summed E-state index contributed by atoms with van der Waals surface area (Å²) in [4.78, 5) is 38.4. The van der Waals surface area contributed by atoms with Crippen LogP contribution in [0.25, 0.3) is 0 Å². The molecule has 1 N–H and O–H groups in total. The van der Waals surface area contributed by atoms with Crippen LogP contribution in [-0.2, 0) is 11.3 Å². The Hall–Kier alpha value is -2.67. The minimum absolute atomic E-state index is 0.227. The van der Waals surface area contributed by atoms with Crippen LogP contribution >= 0.6 is 11.6 Å². The number of esters is 1. The molecular weight excluding hydrogens is 322 g/mol. The molecule has 0 aliphatic carbocycles. The molecule has 0 unspecified atom stereocenters. The Morgan fingerprint density at radius 1 is 1.30 bits per heavy atom. The molecule has 0 bridgehead atoms. The van der Waals surface area contributed by atoms with Gasteiger partial charge in [-0.15, -0.1) is 0 Å². The molecule has 2 rings (SSSR count). The second kappa shape index (κ2) is 7.55. The van der Waals surface area contributed by atoms with Crippen LogP contribution < -0.4 is 15.6 Å². The molecule has 0 spiro atoms. The molecule has 0 aliphatic rings. The van der Waals surface area contributed by atoms with Gasteiger partial charge in [0.2, 0.25) is 0 Å². The molecule has 2 aromatic heterocycles. The maximum absolute atomic E-state index is 11.9. The number of hydrogen-bond donors (Lipinski definition) is 1. The molecule has 7 nitrogen and oxygen atoms in total. The van der Waals surface area contributed by atoms with Crippen LogP contribution in [0.4, 0.5) is 0 Å². The second-order valence-electron chi connectivity index (χ2n) is 4.62. The highest BCUT2D eigenvalue weighted by atomic mass is 35.5. The van der Waals surface area contributed by atoms with Gasteiger partial charge in [0, 0.05) is 32.3 Å². The molecule has 23 heavy (non-hydrogen) atoms. The molecule has 0 aliphatic heterocycles. The van der Waals surface area contributed by atoms with Gasteiger partial charge >= 0.3 is 5.97 Å². The number of halogens is 1. The van der Waals surface area contributed by atoms with Crippen molar-refractivity contribution in [2.45, 2.75) is 13.5 Å². The van der Waals surface area contributed by atoms with E-state index in [1.54, 1.807) is 6.07 Å². The number of carbonyl (C=O) groups excluding carboxylic acids is 2. The fraction of sp³-hybridized carbons (Fsp3) is 0.200. The fourth-order valence-electron chi connectivity index (χ4n) is 1.81. The summed E-state index contributed by atoms with van der Waals surface area (Å²) in [6.45, 7) is 1.74. The lowest BCUT2D eigenvalue weighted by Crippen LogP contribution is -2.30. The zero-order valence-corrected chi connectivity index (χ0v) is 13.0. The third kappa shape index (κ3) is 4.93. The molecule has 0 fully saturated rings. The van der Waals surface area contributed by atoms with E-state index in [9.17, 15) is 14.4 Å². The van der Waals surface area contributed by atoms with Gasteiger partial charge in [-0.3, -0.25) is 14.4 Å². The quantitative estimate of drug-likeness (QED) is 0.656. The smallest absolute Gasteiger partial charge is 0.308 e. The molecule has 120 valence electrons. The van der Waals surface area contributed by atoms with Crippen LogP contribution in [0.3, 0.4) is 0 Å². The van der Waals surface area contributed by atoms with Crippen LogP contribution in [0.15, 0.2) is 41.5 Å². The molecule has 0 saturated carbocycles. The van der Waals surface area contributed by atoms with E-state index >= 15 is 0 Å². The van der Waals surface area contributed by atoms with Crippen molar-refractivity contribution in [1.82, 2.24) is 14.9 Å². The van der Waals surface area contributed by atoms with Gasteiger partial charge in [0.25, 0.3) is 11.5 Å². The van der Waals surface area contributed by atoms with E-state index in [0.717, 1.165) is 0 Å².